The molecular weight excluding hydrogens is 627 g/mol. The van der Waals surface area contributed by atoms with E-state index >= 15 is 0 Å². The van der Waals surface area contributed by atoms with Crippen molar-refractivity contribution in [1.29, 1.82) is 0 Å². The first-order chi connectivity index (χ1) is 22.4. The summed E-state index contributed by atoms with van der Waals surface area (Å²) in [6, 6.07) is 14.9. The van der Waals surface area contributed by atoms with E-state index in [1.54, 1.807) is 37.3 Å². The number of carbonyl (C=O) groups is 4. The van der Waals surface area contributed by atoms with Gasteiger partial charge in [-0.15, -0.1) is 0 Å². The SMILES string of the molecule is COc1cc(O)ccc1C1C2=CCC3C(=O)N(CCc4ccc(O)cc4)C(=O)C3C2CC2C(=O)N(c3ccc(F)c(Cl)c3)C(=O)C21C. The molecule has 6 atom stereocenters. The van der Waals surface area contributed by atoms with E-state index in [2.05, 4.69) is 0 Å². The van der Waals surface area contributed by atoms with Crippen LogP contribution >= 0.6 is 11.6 Å². The van der Waals surface area contributed by atoms with Crippen LogP contribution in [0, 0.1) is 34.9 Å². The van der Waals surface area contributed by atoms with Gasteiger partial charge in [-0.3, -0.25) is 24.1 Å². The average molecular weight is 659 g/mol. The summed E-state index contributed by atoms with van der Waals surface area (Å²) in [5.74, 6) is -5.37. The van der Waals surface area contributed by atoms with Gasteiger partial charge in [-0.25, -0.2) is 9.29 Å². The minimum Gasteiger partial charge on any atom is -0.508 e. The van der Waals surface area contributed by atoms with Gasteiger partial charge < -0.3 is 14.9 Å². The van der Waals surface area contributed by atoms with Gasteiger partial charge in [-0.05, 0) is 74.1 Å². The number of ether oxygens (including phenoxy) is 1. The van der Waals surface area contributed by atoms with Crippen molar-refractivity contribution in [2.24, 2.45) is 29.1 Å². The number of carbonyl (C=O) groups excluding carboxylic acids is 4. The highest BCUT2D eigenvalue weighted by atomic mass is 35.5. The van der Waals surface area contributed by atoms with Crippen molar-refractivity contribution in [3.8, 4) is 17.2 Å². The summed E-state index contributed by atoms with van der Waals surface area (Å²) in [4.78, 5) is 59.0. The molecule has 3 aromatic rings. The number of phenols is 2. The normalized spacial score (nSPS) is 28.3. The minimum absolute atomic E-state index is 0.0467. The summed E-state index contributed by atoms with van der Waals surface area (Å²) < 4.78 is 19.8. The summed E-state index contributed by atoms with van der Waals surface area (Å²) in [7, 11) is 1.45. The van der Waals surface area contributed by atoms with Crippen molar-refractivity contribution in [2.45, 2.75) is 32.1 Å². The second kappa shape index (κ2) is 11.2. The second-order valence-corrected chi connectivity index (χ2v) is 13.3. The molecule has 0 radical (unpaired) electrons. The van der Waals surface area contributed by atoms with E-state index < -0.39 is 52.6 Å². The predicted octanol–water partition coefficient (Wildman–Crippen LogP) is 5.37. The van der Waals surface area contributed by atoms with Crippen molar-refractivity contribution in [2.75, 3.05) is 18.6 Å². The quantitative estimate of drug-likeness (QED) is 0.270. The second-order valence-electron chi connectivity index (χ2n) is 12.9. The van der Waals surface area contributed by atoms with E-state index in [4.69, 9.17) is 16.3 Å². The number of amides is 4. The largest absolute Gasteiger partial charge is 0.508 e. The Morgan fingerprint density at radius 3 is 2.36 bits per heavy atom. The monoisotopic (exact) mass is 658 g/mol. The lowest BCUT2D eigenvalue weighted by Crippen LogP contribution is -2.49. The van der Waals surface area contributed by atoms with Gasteiger partial charge in [0.2, 0.25) is 23.6 Å². The molecule has 2 aliphatic carbocycles. The molecule has 2 heterocycles. The average Bonchev–Trinajstić information content (AvgIpc) is 3.41. The first-order valence-electron chi connectivity index (χ1n) is 15.5. The van der Waals surface area contributed by atoms with Gasteiger partial charge in [0.15, 0.2) is 0 Å². The number of halogens is 2. The maximum atomic E-state index is 14.5. The number of benzene rings is 3. The standard InChI is InChI=1S/C36H32ClFN2O7/c1-36-26(33(44)40(35(36)46)19-5-12-28(38)27(37)15-19)17-25-22(31(36)23-9-8-21(42)16-29(23)47-2)10-11-24-30(25)34(45)39(32(24)43)14-13-18-3-6-20(41)7-4-18/h3-10,12,15-16,24-26,30-31,41-42H,11,13-14,17H2,1-2H3. The first kappa shape index (κ1) is 30.9. The number of aromatic hydroxyl groups is 2. The van der Waals surface area contributed by atoms with Crippen LogP contribution in [0.3, 0.4) is 0 Å². The maximum Gasteiger partial charge on any atom is 0.241 e. The number of likely N-dealkylation sites (tertiary alicyclic amines) is 1. The molecule has 2 N–H and O–H groups in total. The molecule has 9 nitrogen and oxygen atoms in total. The van der Waals surface area contributed by atoms with Crippen molar-refractivity contribution in [3.63, 3.8) is 0 Å². The number of phenolic OH excluding ortho intramolecular Hbond substituents is 2. The van der Waals surface area contributed by atoms with Crippen LogP contribution in [0.15, 0.2) is 72.3 Å². The smallest absolute Gasteiger partial charge is 0.241 e. The van der Waals surface area contributed by atoms with Crippen molar-refractivity contribution in [3.05, 3.63) is 94.3 Å². The molecule has 6 unspecified atom stereocenters. The number of nitrogens with zero attached hydrogens (tertiary/aromatic N) is 2. The summed E-state index contributed by atoms with van der Waals surface area (Å²) >= 11 is 6.07. The number of hydrogen-bond acceptors (Lipinski definition) is 7. The van der Waals surface area contributed by atoms with Gasteiger partial charge in [0, 0.05) is 24.1 Å². The van der Waals surface area contributed by atoms with Gasteiger partial charge in [-0.2, -0.15) is 0 Å². The molecule has 1 saturated carbocycles. The Labute approximate surface area is 275 Å². The molecule has 4 amide bonds. The van der Waals surface area contributed by atoms with Gasteiger partial charge in [0.05, 0.1) is 41.0 Å². The molecule has 11 heteroatoms. The van der Waals surface area contributed by atoms with Crippen LogP contribution in [0.4, 0.5) is 10.1 Å². The van der Waals surface area contributed by atoms with Gasteiger partial charge in [-0.1, -0.05) is 41.4 Å². The molecule has 0 spiro atoms. The zero-order chi connectivity index (χ0) is 33.4. The fraction of sp³-hybridized carbons (Fsp3) is 0.333. The van der Waals surface area contributed by atoms with Crippen LogP contribution < -0.4 is 9.64 Å². The number of fused-ring (bicyclic) bond motifs is 4. The number of allylic oxidation sites excluding steroid dienone is 2. The van der Waals surface area contributed by atoms with Crippen LogP contribution in [-0.2, 0) is 25.6 Å². The Kier molecular flexibility index (Phi) is 7.39. The topological polar surface area (TPSA) is 124 Å². The number of hydrogen-bond donors (Lipinski definition) is 2. The summed E-state index contributed by atoms with van der Waals surface area (Å²) in [6.07, 6.45) is 2.79. The summed E-state index contributed by atoms with van der Waals surface area (Å²) in [5, 5.41) is 19.7. The van der Waals surface area contributed by atoms with Gasteiger partial charge in [0.1, 0.15) is 23.1 Å². The third-order valence-corrected chi connectivity index (χ3v) is 10.9. The van der Waals surface area contributed by atoms with Crippen LogP contribution in [0.5, 0.6) is 17.2 Å². The van der Waals surface area contributed by atoms with Crippen molar-refractivity contribution in [1.82, 2.24) is 4.90 Å². The molecule has 2 aliphatic heterocycles. The summed E-state index contributed by atoms with van der Waals surface area (Å²) in [6.45, 7) is 1.90. The predicted molar refractivity (Wildman–Crippen MR) is 169 cm³/mol. The molecule has 7 rings (SSSR count). The third-order valence-electron chi connectivity index (χ3n) is 10.6. The van der Waals surface area contributed by atoms with Crippen LogP contribution in [-0.4, -0.2) is 52.4 Å². The first-order valence-corrected chi connectivity index (χ1v) is 15.9. The molecule has 242 valence electrons. The molecule has 0 aromatic heterocycles. The van der Waals surface area contributed by atoms with E-state index in [-0.39, 0.29) is 53.4 Å². The molecule has 4 aliphatic rings. The number of rotatable bonds is 6. The van der Waals surface area contributed by atoms with Crippen molar-refractivity contribution < 1.29 is 38.5 Å². The Bertz CT molecular complexity index is 1880. The molecule has 47 heavy (non-hydrogen) atoms. The Morgan fingerprint density at radius 2 is 1.66 bits per heavy atom. The Morgan fingerprint density at radius 1 is 0.936 bits per heavy atom. The highest BCUT2D eigenvalue weighted by Gasteiger charge is 2.68. The highest BCUT2D eigenvalue weighted by molar-refractivity contribution is 6.31. The lowest BCUT2D eigenvalue weighted by Gasteiger charge is -2.49. The Balaban J connectivity index is 1.31. The van der Waals surface area contributed by atoms with Crippen LogP contribution in [0.1, 0.15) is 36.8 Å². The van der Waals surface area contributed by atoms with Gasteiger partial charge in [0.25, 0.3) is 0 Å². The Hall–Kier alpha value is -4.70. The van der Waals surface area contributed by atoms with Gasteiger partial charge >= 0.3 is 0 Å². The van der Waals surface area contributed by atoms with E-state index in [0.29, 0.717) is 17.7 Å². The van der Waals surface area contributed by atoms with E-state index in [1.807, 2.05) is 6.08 Å². The fourth-order valence-corrected chi connectivity index (χ4v) is 8.53. The maximum absolute atomic E-state index is 14.5. The van der Waals surface area contributed by atoms with E-state index in [9.17, 15) is 33.8 Å². The zero-order valence-electron chi connectivity index (χ0n) is 25.7. The molecule has 2 saturated heterocycles. The highest BCUT2D eigenvalue weighted by Crippen LogP contribution is 2.64. The van der Waals surface area contributed by atoms with Crippen LogP contribution in [0.25, 0.3) is 0 Å². The number of methoxy groups -OCH3 is 1. The number of anilines is 1. The van der Waals surface area contributed by atoms with Crippen molar-refractivity contribution >= 4 is 40.9 Å². The third kappa shape index (κ3) is 4.64. The minimum atomic E-state index is -1.35. The molecule has 0 bridgehead atoms. The van der Waals surface area contributed by atoms with E-state index in [1.165, 1.54) is 36.3 Å². The lowest BCUT2D eigenvalue weighted by molar-refractivity contribution is -0.140. The van der Waals surface area contributed by atoms with E-state index in [0.717, 1.165) is 22.1 Å². The number of imide groups is 2. The van der Waals surface area contributed by atoms with Crippen LogP contribution in [0.2, 0.25) is 5.02 Å². The zero-order valence-corrected chi connectivity index (χ0v) is 26.4. The lowest BCUT2D eigenvalue weighted by atomic mass is 9.51. The molecule has 3 fully saturated rings. The fourth-order valence-electron chi connectivity index (χ4n) is 8.36. The molecular formula is C36H32ClFN2O7. The molecule has 3 aromatic carbocycles. The summed E-state index contributed by atoms with van der Waals surface area (Å²) in [5.41, 5.74) is 0.993.